The highest BCUT2D eigenvalue weighted by Crippen LogP contribution is 2.31. The van der Waals surface area contributed by atoms with E-state index in [1.165, 1.54) is 18.5 Å². The molecule has 0 saturated carbocycles. The van der Waals surface area contributed by atoms with Gasteiger partial charge >= 0.3 is 5.69 Å². The van der Waals surface area contributed by atoms with E-state index in [0.29, 0.717) is 0 Å². The quantitative estimate of drug-likeness (QED) is 0.719. The second-order valence-electron chi connectivity index (χ2n) is 5.12. The highest BCUT2D eigenvalue weighted by molar-refractivity contribution is 9.10. The number of fused-ring (bicyclic) bond motifs is 2. The average molecular weight is 333 g/mol. The summed E-state index contributed by atoms with van der Waals surface area (Å²) < 4.78 is 3.22. The Kier molecular flexibility index (Phi) is 2.60. The molecule has 4 rings (SSSR count). The molecule has 0 radical (unpaired) electrons. The maximum atomic E-state index is 11.3. The molecule has 102 valence electrons. The summed E-state index contributed by atoms with van der Waals surface area (Å²) >= 11 is 3.56. The third-order valence-electron chi connectivity index (χ3n) is 3.84. The fourth-order valence-corrected chi connectivity index (χ4v) is 3.47. The largest absolute Gasteiger partial charge is 0.327 e. The van der Waals surface area contributed by atoms with Crippen molar-refractivity contribution in [3.8, 4) is 11.4 Å². The smallest absolute Gasteiger partial charge is 0.323 e. The minimum Gasteiger partial charge on any atom is -0.327 e. The molecular formula is C14H13BrN4O. The molecule has 1 aliphatic rings. The van der Waals surface area contributed by atoms with Crippen molar-refractivity contribution < 1.29 is 0 Å². The number of rotatable bonds is 1. The van der Waals surface area contributed by atoms with Crippen LogP contribution in [0.4, 0.5) is 0 Å². The topological polar surface area (TPSA) is 66.5 Å². The lowest BCUT2D eigenvalue weighted by molar-refractivity contribution is 0.535. The van der Waals surface area contributed by atoms with E-state index in [2.05, 4.69) is 35.4 Å². The van der Waals surface area contributed by atoms with Crippen molar-refractivity contribution in [3.63, 3.8) is 0 Å². The molecule has 1 aromatic carbocycles. The van der Waals surface area contributed by atoms with Crippen molar-refractivity contribution in [3.05, 3.63) is 39.0 Å². The van der Waals surface area contributed by atoms with Crippen LogP contribution in [0.2, 0.25) is 0 Å². The summed E-state index contributed by atoms with van der Waals surface area (Å²) in [7, 11) is 0. The molecule has 0 saturated heterocycles. The fraction of sp³-hybridized carbons (Fsp3) is 0.286. The van der Waals surface area contributed by atoms with Gasteiger partial charge < -0.3 is 14.5 Å². The fourth-order valence-electron chi connectivity index (χ4n) is 2.89. The Morgan fingerprint density at radius 3 is 2.95 bits per heavy atom. The molecule has 1 aliphatic heterocycles. The number of nitrogens with one attached hydrogen (secondary N) is 2. The van der Waals surface area contributed by atoms with Crippen molar-refractivity contribution in [2.24, 2.45) is 0 Å². The second-order valence-corrected chi connectivity index (χ2v) is 5.87. The Balaban J connectivity index is 1.92. The van der Waals surface area contributed by atoms with E-state index in [4.69, 9.17) is 0 Å². The first-order chi connectivity index (χ1) is 9.72. The molecule has 0 bridgehead atoms. The lowest BCUT2D eigenvalue weighted by atomic mass is 10.1. The first-order valence-corrected chi connectivity index (χ1v) is 7.49. The van der Waals surface area contributed by atoms with Crippen molar-refractivity contribution in [1.82, 2.24) is 19.5 Å². The van der Waals surface area contributed by atoms with Crippen LogP contribution in [-0.4, -0.2) is 19.5 Å². The van der Waals surface area contributed by atoms with Crippen LogP contribution >= 0.6 is 15.9 Å². The Labute approximate surface area is 123 Å². The number of benzene rings is 1. The van der Waals surface area contributed by atoms with Gasteiger partial charge in [0, 0.05) is 12.1 Å². The van der Waals surface area contributed by atoms with Gasteiger partial charge in [-0.3, -0.25) is 0 Å². The second kappa shape index (κ2) is 4.34. The third-order valence-corrected chi connectivity index (χ3v) is 4.48. The predicted molar refractivity (Wildman–Crippen MR) is 80.8 cm³/mol. The van der Waals surface area contributed by atoms with Crippen LogP contribution in [0.1, 0.15) is 18.5 Å². The van der Waals surface area contributed by atoms with E-state index >= 15 is 0 Å². The van der Waals surface area contributed by atoms with Gasteiger partial charge in [-0.05, 0) is 53.4 Å². The lowest BCUT2D eigenvalue weighted by Crippen LogP contribution is -2.11. The Hall–Kier alpha value is -1.82. The molecule has 20 heavy (non-hydrogen) atoms. The van der Waals surface area contributed by atoms with E-state index < -0.39 is 0 Å². The molecule has 0 unspecified atom stereocenters. The summed E-state index contributed by atoms with van der Waals surface area (Å²) in [6.07, 6.45) is 3.47. The zero-order valence-electron chi connectivity index (χ0n) is 10.7. The summed E-state index contributed by atoms with van der Waals surface area (Å²) in [5.41, 5.74) is 3.76. The first-order valence-electron chi connectivity index (χ1n) is 6.70. The highest BCUT2D eigenvalue weighted by atomic mass is 79.9. The minimum absolute atomic E-state index is 0.177. The SMILES string of the molecule is O=c1[nH]c2ccc(-c3nc(Br)c4n3CCCC4)cc2[nH]1. The monoisotopic (exact) mass is 332 g/mol. The molecule has 0 atom stereocenters. The number of nitrogens with zero attached hydrogens (tertiary/aromatic N) is 2. The van der Waals surface area contributed by atoms with E-state index in [0.717, 1.165) is 40.0 Å². The number of hydrogen-bond acceptors (Lipinski definition) is 2. The number of aromatic nitrogens is 4. The molecule has 0 spiro atoms. The maximum absolute atomic E-state index is 11.3. The zero-order chi connectivity index (χ0) is 13.7. The molecule has 2 aromatic heterocycles. The number of aromatic amines is 2. The minimum atomic E-state index is -0.177. The average Bonchev–Trinajstić information content (AvgIpc) is 2.98. The van der Waals surface area contributed by atoms with Crippen LogP contribution < -0.4 is 5.69 Å². The summed E-state index contributed by atoms with van der Waals surface area (Å²) in [6, 6.07) is 5.90. The van der Waals surface area contributed by atoms with Crippen LogP contribution in [0, 0.1) is 0 Å². The lowest BCUT2D eigenvalue weighted by Gasteiger charge is -2.16. The van der Waals surface area contributed by atoms with Crippen LogP contribution in [0.15, 0.2) is 27.6 Å². The Morgan fingerprint density at radius 1 is 1.20 bits per heavy atom. The molecule has 0 fully saturated rings. The summed E-state index contributed by atoms with van der Waals surface area (Å²) in [6.45, 7) is 1.00. The predicted octanol–water partition coefficient (Wildman–Crippen LogP) is 2.82. The van der Waals surface area contributed by atoms with Crippen LogP contribution in [0.5, 0.6) is 0 Å². The normalized spacial score (nSPS) is 14.7. The van der Waals surface area contributed by atoms with E-state index in [1.54, 1.807) is 0 Å². The van der Waals surface area contributed by atoms with Gasteiger partial charge in [0.1, 0.15) is 10.4 Å². The highest BCUT2D eigenvalue weighted by Gasteiger charge is 2.19. The van der Waals surface area contributed by atoms with Crippen molar-refractivity contribution in [1.29, 1.82) is 0 Å². The molecular weight excluding hydrogens is 320 g/mol. The van der Waals surface area contributed by atoms with Crippen molar-refractivity contribution in [2.75, 3.05) is 0 Å². The van der Waals surface area contributed by atoms with E-state index in [-0.39, 0.29) is 5.69 Å². The van der Waals surface area contributed by atoms with Crippen molar-refractivity contribution in [2.45, 2.75) is 25.8 Å². The first kappa shape index (κ1) is 12.0. The Morgan fingerprint density at radius 2 is 2.05 bits per heavy atom. The van der Waals surface area contributed by atoms with Crippen LogP contribution in [0.25, 0.3) is 22.4 Å². The zero-order valence-corrected chi connectivity index (χ0v) is 12.3. The number of hydrogen-bond donors (Lipinski definition) is 2. The molecule has 6 heteroatoms. The standard InChI is InChI=1S/C14H13BrN4O/c15-12-11-3-1-2-6-19(11)13(18-12)8-4-5-9-10(7-8)17-14(20)16-9/h4-5,7H,1-3,6H2,(H2,16,17,20). The van der Waals surface area contributed by atoms with Crippen LogP contribution in [0.3, 0.4) is 0 Å². The Bertz CT molecular complexity index is 858. The molecule has 5 nitrogen and oxygen atoms in total. The van der Waals surface area contributed by atoms with E-state index in [1.807, 2.05) is 18.2 Å². The number of halogens is 1. The van der Waals surface area contributed by atoms with Gasteiger partial charge in [0.25, 0.3) is 0 Å². The third kappa shape index (κ3) is 1.75. The van der Waals surface area contributed by atoms with Gasteiger partial charge in [-0.1, -0.05) is 0 Å². The summed E-state index contributed by atoms with van der Waals surface area (Å²) in [4.78, 5) is 21.5. The molecule has 0 amide bonds. The maximum Gasteiger partial charge on any atom is 0.323 e. The van der Waals surface area contributed by atoms with Gasteiger partial charge in [-0.15, -0.1) is 0 Å². The molecule has 2 N–H and O–H groups in total. The molecule has 3 aromatic rings. The molecule has 3 heterocycles. The van der Waals surface area contributed by atoms with Gasteiger partial charge in [-0.25, -0.2) is 9.78 Å². The van der Waals surface area contributed by atoms with Crippen LogP contribution in [-0.2, 0) is 13.0 Å². The van der Waals surface area contributed by atoms with Gasteiger partial charge in [0.15, 0.2) is 0 Å². The number of H-pyrrole nitrogens is 2. The summed E-state index contributed by atoms with van der Waals surface area (Å²) in [5, 5.41) is 0. The molecule has 0 aliphatic carbocycles. The number of imidazole rings is 2. The van der Waals surface area contributed by atoms with Gasteiger partial charge in [0.2, 0.25) is 0 Å². The van der Waals surface area contributed by atoms with Crippen molar-refractivity contribution >= 4 is 27.0 Å². The van der Waals surface area contributed by atoms with Gasteiger partial charge in [-0.2, -0.15) is 0 Å². The summed E-state index contributed by atoms with van der Waals surface area (Å²) in [5.74, 6) is 0.968. The van der Waals surface area contributed by atoms with E-state index in [9.17, 15) is 4.79 Å². The van der Waals surface area contributed by atoms with Gasteiger partial charge in [0.05, 0.1) is 16.7 Å².